The molecule has 3 aromatic rings. The SMILES string of the molecule is CCc1ccc(S(=O)(=O)c2cnc(SCC(=O)Nc3cccc(C)c3C)[nH]c2=O)cc1. The molecule has 0 unspecified atom stereocenters. The number of aromatic nitrogens is 2. The summed E-state index contributed by atoms with van der Waals surface area (Å²) in [5.41, 5.74) is 3.00. The Balaban J connectivity index is 1.71. The van der Waals surface area contributed by atoms with Crippen LogP contribution in [0.15, 0.2) is 68.4 Å². The van der Waals surface area contributed by atoms with Crippen molar-refractivity contribution < 1.29 is 13.2 Å². The second-order valence-electron chi connectivity index (χ2n) is 6.97. The van der Waals surface area contributed by atoms with Crippen LogP contribution in [0.3, 0.4) is 0 Å². The Kier molecular flexibility index (Phi) is 6.97. The van der Waals surface area contributed by atoms with Gasteiger partial charge in [0.2, 0.25) is 15.7 Å². The van der Waals surface area contributed by atoms with Crippen molar-refractivity contribution in [1.29, 1.82) is 0 Å². The fourth-order valence-corrected chi connectivity index (χ4v) is 4.74. The smallest absolute Gasteiger partial charge is 0.270 e. The van der Waals surface area contributed by atoms with Crippen LogP contribution in [0, 0.1) is 13.8 Å². The highest BCUT2D eigenvalue weighted by molar-refractivity contribution is 7.99. The molecular weight excluding hydrogens is 434 g/mol. The van der Waals surface area contributed by atoms with Crippen LogP contribution in [0.2, 0.25) is 0 Å². The number of hydrogen-bond acceptors (Lipinski definition) is 6. The van der Waals surface area contributed by atoms with E-state index in [0.717, 1.165) is 46.8 Å². The topological polar surface area (TPSA) is 109 Å². The average molecular weight is 458 g/mol. The van der Waals surface area contributed by atoms with E-state index in [-0.39, 0.29) is 21.7 Å². The van der Waals surface area contributed by atoms with E-state index in [1.165, 1.54) is 12.1 Å². The molecule has 9 heteroatoms. The van der Waals surface area contributed by atoms with Gasteiger partial charge in [0.25, 0.3) is 5.56 Å². The molecule has 0 saturated heterocycles. The van der Waals surface area contributed by atoms with Crippen LogP contribution in [0.25, 0.3) is 0 Å². The lowest BCUT2D eigenvalue weighted by Crippen LogP contribution is -2.20. The van der Waals surface area contributed by atoms with Crippen molar-refractivity contribution in [2.75, 3.05) is 11.1 Å². The van der Waals surface area contributed by atoms with E-state index >= 15 is 0 Å². The summed E-state index contributed by atoms with van der Waals surface area (Å²) in [7, 11) is -3.99. The molecule has 1 amide bonds. The fraction of sp³-hybridized carbons (Fsp3) is 0.227. The molecule has 2 N–H and O–H groups in total. The Bertz CT molecular complexity index is 1270. The molecule has 0 spiro atoms. The molecule has 0 fully saturated rings. The fourth-order valence-electron chi connectivity index (χ4n) is 2.87. The first kappa shape index (κ1) is 22.8. The second kappa shape index (κ2) is 9.49. The molecule has 7 nitrogen and oxygen atoms in total. The summed E-state index contributed by atoms with van der Waals surface area (Å²) in [5.74, 6) is -0.241. The summed E-state index contributed by atoms with van der Waals surface area (Å²) in [6, 6.07) is 12.0. The zero-order chi connectivity index (χ0) is 22.6. The van der Waals surface area contributed by atoms with Crippen molar-refractivity contribution in [3.63, 3.8) is 0 Å². The third-order valence-electron chi connectivity index (χ3n) is 4.89. The number of carbonyl (C=O) groups is 1. The van der Waals surface area contributed by atoms with Gasteiger partial charge in [-0.1, -0.05) is 43.0 Å². The molecule has 31 heavy (non-hydrogen) atoms. The van der Waals surface area contributed by atoms with Gasteiger partial charge in [0, 0.05) is 5.69 Å². The molecule has 0 aliphatic carbocycles. The zero-order valence-corrected chi connectivity index (χ0v) is 19.1. The Morgan fingerprint density at radius 1 is 1.13 bits per heavy atom. The first-order valence-corrected chi connectivity index (χ1v) is 12.1. The van der Waals surface area contributed by atoms with Crippen LogP contribution in [0.1, 0.15) is 23.6 Å². The van der Waals surface area contributed by atoms with Crippen LogP contribution in [0.4, 0.5) is 5.69 Å². The number of aromatic amines is 1. The van der Waals surface area contributed by atoms with E-state index in [9.17, 15) is 18.0 Å². The summed E-state index contributed by atoms with van der Waals surface area (Å²) in [6.07, 6.45) is 1.82. The van der Waals surface area contributed by atoms with Gasteiger partial charge in [-0.2, -0.15) is 0 Å². The van der Waals surface area contributed by atoms with Crippen LogP contribution < -0.4 is 10.9 Å². The quantitative estimate of drug-likeness (QED) is 0.415. The molecule has 2 aromatic carbocycles. The first-order valence-electron chi connectivity index (χ1n) is 9.64. The summed E-state index contributed by atoms with van der Waals surface area (Å²) >= 11 is 1.02. The Morgan fingerprint density at radius 2 is 1.84 bits per heavy atom. The number of benzene rings is 2. The van der Waals surface area contributed by atoms with E-state index < -0.39 is 20.3 Å². The number of thioether (sulfide) groups is 1. The van der Waals surface area contributed by atoms with Gasteiger partial charge in [0.05, 0.1) is 16.8 Å². The Hall–Kier alpha value is -2.91. The maximum absolute atomic E-state index is 12.8. The highest BCUT2D eigenvalue weighted by Crippen LogP contribution is 2.21. The minimum absolute atomic E-state index is 0.0148. The van der Waals surface area contributed by atoms with Gasteiger partial charge >= 0.3 is 0 Å². The van der Waals surface area contributed by atoms with Gasteiger partial charge in [0.1, 0.15) is 0 Å². The molecule has 1 heterocycles. The monoisotopic (exact) mass is 457 g/mol. The van der Waals surface area contributed by atoms with E-state index in [4.69, 9.17) is 0 Å². The van der Waals surface area contributed by atoms with E-state index in [2.05, 4.69) is 15.3 Å². The van der Waals surface area contributed by atoms with Gasteiger partial charge in [-0.15, -0.1) is 0 Å². The van der Waals surface area contributed by atoms with Gasteiger partial charge in [-0.25, -0.2) is 13.4 Å². The van der Waals surface area contributed by atoms with E-state index in [1.807, 2.05) is 39.0 Å². The number of nitrogens with zero attached hydrogens (tertiary/aromatic N) is 1. The summed E-state index contributed by atoms with van der Waals surface area (Å²) in [6.45, 7) is 5.85. The number of aryl methyl sites for hydroxylation is 2. The molecule has 0 saturated carbocycles. The van der Waals surface area contributed by atoms with Crippen LogP contribution in [-0.2, 0) is 21.1 Å². The predicted octanol–water partition coefficient (Wildman–Crippen LogP) is 3.51. The minimum Gasteiger partial charge on any atom is -0.325 e. The van der Waals surface area contributed by atoms with Crippen LogP contribution >= 0.6 is 11.8 Å². The van der Waals surface area contributed by atoms with Crippen LogP contribution in [0.5, 0.6) is 0 Å². The van der Waals surface area contributed by atoms with Gasteiger partial charge in [-0.3, -0.25) is 9.59 Å². The molecule has 0 aliphatic heterocycles. The maximum atomic E-state index is 12.8. The summed E-state index contributed by atoms with van der Waals surface area (Å²) in [4.78, 5) is 30.7. The third-order valence-corrected chi connectivity index (χ3v) is 7.54. The van der Waals surface area contributed by atoms with Gasteiger partial charge in [0.15, 0.2) is 10.1 Å². The van der Waals surface area contributed by atoms with Crippen molar-refractivity contribution in [3.05, 3.63) is 75.7 Å². The number of anilines is 1. The summed E-state index contributed by atoms with van der Waals surface area (Å²) < 4.78 is 25.5. The van der Waals surface area contributed by atoms with Crippen molar-refractivity contribution in [2.24, 2.45) is 0 Å². The number of sulfone groups is 1. The number of H-pyrrole nitrogens is 1. The molecule has 0 atom stereocenters. The second-order valence-corrected chi connectivity index (χ2v) is 9.85. The lowest BCUT2D eigenvalue weighted by Gasteiger charge is -2.10. The largest absolute Gasteiger partial charge is 0.325 e. The number of nitrogens with one attached hydrogen (secondary N) is 2. The minimum atomic E-state index is -3.99. The summed E-state index contributed by atoms with van der Waals surface area (Å²) in [5, 5.41) is 2.99. The van der Waals surface area contributed by atoms with E-state index in [0.29, 0.717) is 0 Å². The average Bonchev–Trinajstić information content (AvgIpc) is 2.75. The van der Waals surface area contributed by atoms with Gasteiger partial charge < -0.3 is 10.3 Å². The Labute approximate surface area is 185 Å². The molecular formula is C22H23N3O4S2. The number of amides is 1. The van der Waals surface area contributed by atoms with Crippen molar-refractivity contribution in [3.8, 4) is 0 Å². The first-order chi connectivity index (χ1) is 14.7. The lowest BCUT2D eigenvalue weighted by atomic mass is 10.1. The number of carbonyl (C=O) groups excluding carboxylic acids is 1. The zero-order valence-electron chi connectivity index (χ0n) is 17.4. The van der Waals surface area contributed by atoms with Crippen molar-refractivity contribution >= 4 is 33.2 Å². The molecule has 1 aromatic heterocycles. The van der Waals surface area contributed by atoms with Gasteiger partial charge in [-0.05, 0) is 55.2 Å². The lowest BCUT2D eigenvalue weighted by molar-refractivity contribution is -0.113. The van der Waals surface area contributed by atoms with Crippen molar-refractivity contribution in [1.82, 2.24) is 9.97 Å². The molecule has 0 bridgehead atoms. The van der Waals surface area contributed by atoms with Crippen molar-refractivity contribution in [2.45, 2.75) is 42.1 Å². The third kappa shape index (κ3) is 5.23. The number of rotatable bonds is 7. The molecule has 0 radical (unpaired) electrons. The normalized spacial score (nSPS) is 11.3. The predicted molar refractivity (Wildman–Crippen MR) is 121 cm³/mol. The highest BCUT2D eigenvalue weighted by atomic mass is 32.2. The molecule has 162 valence electrons. The maximum Gasteiger partial charge on any atom is 0.270 e. The Morgan fingerprint density at radius 3 is 2.48 bits per heavy atom. The van der Waals surface area contributed by atoms with E-state index in [1.54, 1.807) is 12.1 Å². The molecule has 0 aliphatic rings. The molecule has 3 rings (SSSR count). The van der Waals surface area contributed by atoms with Crippen LogP contribution in [-0.4, -0.2) is 30.0 Å². The number of hydrogen-bond donors (Lipinski definition) is 2. The highest BCUT2D eigenvalue weighted by Gasteiger charge is 2.22. The standard InChI is InChI=1S/C22H23N3O4S2/c1-4-16-8-10-17(11-9-16)31(28,29)19-12-23-22(25-21(19)27)30-13-20(26)24-18-7-5-6-14(2)15(18)3/h5-12H,4,13H2,1-3H3,(H,24,26)(H,23,25,27).